The zero-order chi connectivity index (χ0) is 11.5. The fourth-order valence-electron chi connectivity index (χ4n) is 0.831. The third-order valence-electron chi connectivity index (χ3n) is 1.32. The van der Waals surface area contributed by atoms with E-state index in [1.807, 2.05) is 0 Å². The van der Waals surface area contributed by atoms with E-state index < -0.39 is 11.7 Å². The van der Waals surface area contributed by atoms with Crippen LogP contribution in [0.3, 0.4) is 0 Å². The molecule has 0 aliphatic carbocycles. The van der Waals surface area contributed by atoms with Gasteiger partial charge in [0.25, 0.3) is 0 Å². The zero-order valence-corrected chi connectivity index (χ0v) is 8.76. The molecule has 1 aromatic rings. The average Bonchev–Trinajstić information content (AvgIpc) is 2.50. The third-order valence-corrected chi connectivity index (χ3v) is 1.32. The molecule has 6 nitrogen and oxygen atoms in total. The maximum absolute atomic E-state index is 11.4. The van der Waals surface area contributed by atoms with Crippen LogP contribution in [0.4, 0.5) is 4.79 Å². The first-order valence-corrected chi connectivity index (χ1v) is 4.31. The van der Waals surface area contributed by atoms with Gasteiger partial charge < -0.3 is 0 Å². The number of hydrogen-bond acceptors (Lipinski definition) is 5. The van der Waals surface area contributed by atoms with Crippen LogP contribution in [0.15, 0.2) is 12.4 Å². The van der Waals surface area contributed by atoms with Gasteiger partial charge in [-0.3, -0.25) is 0 Å². The Kier molecular flexibility index (Phi) is 3.23. The SMILES string of the molecule is CC(C)(C)OC(=O)n1cc(OB=O)cn1. The Morgan fingerprint density at radius 1 is 1.53 bits per heavy atom. The van der Waals surface area contributed by atoms with E-state index in [2.05, 4.69) is 9.75 Å². The van der Waals surface area contributed by atoms with Crippen molar-refractivity contribution in [2.24, 2.45) is 0 Å². The molecular formula is C8H11BN2O4. The molecule has 0 aliphatic heterocycles. The van der Waals surface area contributed by atoms with Gasteiger partial charge >= 0.3 is 86.6 Å². The second-order valence-electron chi connectivity index (χ2n) is 3.82. The van der Waals surface area contributed by atoms with Crippen LogP contribution in [-0.4, -0.2) is 28.8 Å². The van der Waals surface area contributed by atoms with Gasteiger partial charge in [-0.25, -0.2) is 0 Å². The quantitative estimate of drug-likeness (QED) is 0.681. The summed E-state index contributed by atoms with van der Waals surface area (Å²) in [6.07, 6.45) is 1.89. The molecule has 0 aliphatic rings. The molecule has 0 amide bonds. The van der Waals surface area contributed by atoms with Crippen molar-refractivity contribution in [2.75, 3.05) is 0 Å². The summed E-state index contributed by atoms with van der Waals surface area (Å²) in [7, 11) is 0.260. The predicted molar refractivity (Wildman–Crippen MR) is 50.9 cm³/mol. The summed E-state index contributed by atoms with van der Waals surface area (Å²) in [5.74, 6) is 0.191. The molecule has 1 rings (SSSR count). The Balaban J connectivity index is 2.70. The van der Waals surface area contributed by atoms with Gasteiger partial charge in [-0.2, -0.15) is 0 Å². The van der Waals surface area contributed by atoms with Crippen molar-refractivity contribution in [1.82, 2.24) is 9.78 Å². The van der Waals surface area contributed by atoms with E-state index >= 15 is 0 Å². The Bertz CT molecular complexity index is 369. The van der Waals surface area contributed by atoms with Gasteiger partial charge in [0.1, 0.15) is 0 Å². The average molecular weight is 210 g/mol. The predicted octanol–water partition coefficient (Wildman–Crippen LogP) is 1.01. The van der Waals surface area contributed by atoms with Crippen molar-refractivity contribution in [3.8, 4) is 5.75 Å². The van der Waals surface area contributed by atoms with Crippen LogP contribution in [0.2, 0.25) is 0 Å². The summed E-state index contributed by atoms with van der Waals surface area (Å²) >= 11 is 0. The summed E-state index contributed by atoms with van der Waals surface area (Å²) in [4.78, 5) is 11.4. The minimum atomic E-state index is -0.622. The topological polar surface area (TPSA) is 70.4 Å². The van der Waals surface area contributed by atoms with E-state index in [4.69, 9.17) is 4.74 Å². The van der Waals surface area contributed by atoms with Gasteiger partial charge in [0.05, 0.1) is 0 Å². The summed E-state index contributed by atoms with van der Waals surface area (Å²) in [6.45, 7) is 5.24. The van der Waals surface area contributed by atoms with E-state index in [0.717, 1.165) is 4.68 Å². The molecule has 0 saturated carbocycles. The van der Waals surface area contributed by atoms with Crippen molar-refractivity contribution < 1.29 is 18.9 Å². The molecule has 1 aromatic heterocycles. The Morgan fingerprint density at radius 3 is 2.73 bits per heavy atom. The van der Waals surface area contributed by atoms with E-state index in [1.165, 1.54) is 12.4 Å². The normalized spacial score (nSPS) is 10.6. The van der Waals surface area contributed by atoms with Crippen LogP contribution in [0.25, 0.3) is 0 Å². The van der Waals surface area contributed by atoms with Crippen molar-refractivity contribution >= 4 is 13.4 Å². The van der Waals surface area contributed by atoms with Crippen LogP contribution in [0, 0.1) is 0 Å². The first-order valence-electron chi connectivity index (χ1n) is 4.31. The number of carbonyl (C=O) groups excluding carboxylic acids is 1. The molecule has 0 atom stereocenters. The molecule has 0 fully saturated rings. The molecule has 15 heavy (non-hydrogen) atoms. The molecule has 0 bridgehead atoms. The second-order valence-corrected chi connectivity index (χ2v) is 3.82. The monoisotopic (exact) mass is 210 g/mol. The van der Waals surface area contributed by atoms with Gasteiger partial charge in [-0.05, 0) is 0 Å². The molecule has 7 heteroatoms. The van der Waals surface area contributed by atoms with Crippen molar-refractivity contribution in [2.45, 2.75) is 26.4 Å². The summed E-state index contributed by atoms with van der Waals surface area (Å²) < 4.78 is 20.5. The van der Waals surface area contributed by atoms with Gasteiger partial charge in [0.15, 0.2) is 0 Å². The number of ether oxygens (including phenoxy) is 1. The number of aromatic nitrogens is 2. The maximum atomic E-state index is 11.4. The molecule has 0 unspecified atom stereocenters. The fourth-order valence-corrected chi connectivity index (χ4v) is 0.831. The minimum absolute atomic E-state index is 0.191. The molecule has 0 spiro atoms. The number of nitrogens with zero attached hydrogens (tertiary/aromatic N) is 2. The summed E-state index contributed by atoms with van der Waals surface area (Å²) in [5.41, 5.74) is -0.589. The van der Waals surface area contributed by atoms with Crippen LogP contribution < -0.4 is 4.65 Å². The van der Waals surface area contributed by atoms with E-state index in [0.29, 0.717) is 0 Å². The Morgan fingerprint density at radius 2 is 2.20 bits per heavy atom. The molecule has 0 saturated heterocycles. The van der Waals surface area contributed by atoms with E-state index in [9.17, 15) is 9.50 Å². The van der Waals surface area contributed by atoms with Crippen LogP contribution in [-0.2, 0) is 9.44 Å². The molecular weight excluding hydrogens is 199 g/mol. The van der Waals surface area contributed by atoms with Crippen LogP contribution >= 0.6 is 0 Å². The first kappa shape index (κ1) is 11.4. The fraction of sp³-hybridized carbons (Fsp3) is 0.500. The van der Waals surface area contributed by atoms with Gasteiger partial charge in [0, 0.05) is 0 Å². The van der Waals surface area contributed by atoms with Crippen LogP contribution in [0.5, 0.6) is 5.75 Å². The summed E-state index contributed by atoms with van der Waals surface area (Å²) in [6, 6.07) is 0. The molecule has 0 aromatic carbocycles. The standard InChI is InChI=1S/C8H11BN2O4/c1-8(2,3)14-7(12)11-5-6(4-10-11)15-9-13/h4-5H,1-3H3. The van der Waals surface area contributed by atoms with E-state index in [-0.39, 0.29) is 13.1 Å². The summed E-state index contributed by atoms with van der Waals surface area (Å²) in [5, 5.41) is 3.68. The molecule has 0 N–H and O–H groups in total. The number of hydrogen-bond donors (Lipinski definition) is 0. The number of rotatable bonds is 2. The van der Waals surface area contributed by atoms with Gasteiger partial charge in [0.2, 0.25) is 0 Å². The number of carbonyl (C=O) groups is 1. The third kappa shape index (κ3) is 3.53. The Labute approximate surface area is 87.5 Å². The second kappa shape index (κ2) is 4.25. The molecule has 0 radical (unpaired) electrons. The van der Waals surface area contributed by atoms with Gasteiger partial charge in [-0.15, -0.1) is 0 Å². The Hall–Kier alpha value is -1.66. The molecule has 1 heterocycles. The van der Waals surface area contributed by atoms with Crippen molar-refractivity contribution in [3.05, 3.63) is 12.4 Å². The van der Waals surface area contributed by atoms with E-state index in [1.54, 1.807) is 20.8 Å². The van der Waals surface area contributed by atoms with Crippen molar-refractivity contribution in [1.29, 1.82) is 0 Å². The van der Waals surface area contributed by atoms with Crippen LogP contribution in [0.1, 0.15) is 20.8 Å². The first-order chi connectivity index (χ1) is 6.92. The zero-order valence-electron chi connectivity index (χ0n) is 8.76. The van der Waals surface area contributed by atoms with Crippen molar-refractivity contribution in [3.63, 3.8) is 0 Å². The molecule has 80 valence electrons. The van der Waals surface area contributed by atoms with Gasteiger partial charge in [-0.1, -0.05) is 0 Å².